The molecule has 0 spiro atoms. The highest BCUT2D eigenvalue weighted by Crippen LogP contribution is 2.31. The second-order valence-corrected chi connectivity index (χ2v) is 8.31. The lowest BCUT2D eigenvalue weighted by Crippen LogP contribution is -2.38. The minimum Gasteiger partial charge on any atom is -0.323 e. The maximum Gasteiger partial charge on any atom is 0.323 e. The number of fused-ring (bicyclic) bond motifs is 1. The van der Waals surface area contributed by atoms with Crippen molar-refractivity contribution >= 4 is 28.1 Å². The number of anilines is 1. The maximum atomic E-state index is 13.3. The zero-order valence-corrected chi connectivity index (χ0v) is 16.3. The summed E-state index contributed by atoms with van der Waals surface area (Å²) >= 11 is 1.50. The molecule has 0 bridgehead atoms. The number of imidazole rings is 1. The summed E-state index contributed by atoms with van der Waals surface area (Å²) in [7, 11) is 0. The molecule has 0 radical (unpaired) electrons. The number of amides is 2. The fourth-order valence-corrected chi connectivity index (χ4v) is 4.94. The van der Waals surface area contributed by atoms with E-state index in [9.17, 15) is 9.18 Å². The summed E-state index contributed by atoms with van der Waals surface area (Å²) in [6.07, 6.45) is 5.44. The first kappa shape index (κ1) is 17.6. The molecule has 0 aliphatic carbocycles. The van der Waals surface area contributed by atoms with Gasteiger partial charge in [0.15, 0.2) is 4.96 Å². The molecule has 1 N–H and O–H groups in total. The highest BCUT2D eigenvalue weighted by Gasteiger charge is 2.32. The molecule has 2 amide bonds. The fourth-order valence-electron chi connectivity index (χ4n) is 4.23. The van der Waals surface area contributed by atoms with Crippen LogP contribution in [0, 0.1) is 5.82 Å². The molecule has 2 saturated heterocycles. The largest absolute Gasteiger partial charge is 0.323 e. The lowest BCUT2D eigenvalue weighted by Gasteiger charge is -2.23. The van der Waals surface area contributed by atoms with Gasteiger partial charge >= 0.3 is 6.03 Å². The Morgan fingerprint density at radius 2 is 1.96 bits per heavy atom. The topological polar surface area (TPSA) is 52.9 Å². The number of carbonyl (C=O) groups is 1. The SMILES string of the molecule is O=C(Nc1c(-c2ccc(F)cc2)nc2sccn12)N1CCC(N2CCCC2)C1. The van der Waals surface area contributed by atoms with Crippen molar-refractivity contribution in [3.8, 4) is 11.3 Å². The van der Waals surface area contributed by atoms with Gasteiger partial charge in [0.05, 0.1) is 0 Å². The minimum absolute atomic E-state index is 0.0990. The number of benzene rings is 1. The Kier molecular flexibility index (Phi) is 4.52. The van der Waals surface area contributed by atoms with E-state index in [0.29, 0.717) is 17.6 Å². The standard InChI is InChI=1S/C20H22FN5OS/c21-15-5-3-14(4-6-15)17-18(26-11-12-28-20(26)22-17)23-19(27)25-10-7-16(13-25)24-8-1-2-9-24/h3-6,11-12,16H,1-2,7-10,13H2,(H,23,27). The first-order valence-electron chi connectivity index (χ1n) is 9.70. The summed E-state index contributed by atoms with van der Waals surface area (Å²) in [4.78, 5) is 22.8. The van der Waals surface area contributed by atoms with Gasteiger partial charge in [0.25, 0.3) is 0 Å². The Morgan fingerprint density at radius 3 is 2.75 bits per heavy atom. The molecule has 3 aromatic rings. The minimum atomic E-state index is -0.291. The third-order valence-corrected chi connectivity index (χ3v) is 6.47. The summed E-state index contributed by atoms with van der Waals surface area (Å²) in [5.74, 6) is 0.345. The summed E-state index contributed by atoms with van der Waals surface area (Å²) in [6, 6.07) is 6.58. The van der Waals surface area contributed by atoms with Crippen LogP contribution in [0.15, 0.2) is 35.8 Å². The van der Waals surface area contributed by atoms with Crippen LogP contribution in [0.5, 0.6) is 0 Å². The lowest BCUT2D eigenvalue weighted by molar-refractivity contribution is 0.210. The number of hydrogen-bond donors (Lipinski definition) is 1. The molecule has 5 rings (SSSR count). The molecule has 146 valence electrons. The van der Waals surface area contributed by atoms with Gasteiger partial charge in [-0.1, -0.05) is 0 Å². The Balaban J connectivity index is 1.38. The van der Waals surface area contributed by atoms with Crippen molar-refractivity contribution in [1.29, 1.82) is 0 Å². The molecule has 2 aliphatic rings. The van der Waals surface area contributed by atoms with Crippen molar-refractivity contribution in [2.24, 2.45) is 0 Å². The highest BCUT2D eigenvalue weighted by molar-refractivity contribution is 7.15. The van der Waals surface area contributed by atoms with Crippen LogP contribution in [0.2, 0.25) is 0 Å². The zero-order chi connectivity index (χ0) is 19.1. The van der Waals surface area contributed by atoms with Crippen LogP contribution >= 0.6 is 11.3 Å². The van der Waals surface area contributed by atoms with E-state index in [-0.39, 0.29) is 11.8 Å². The van der Waals surface area contributed by atoms with Crippen molar-refractivity contribution < 1.29 is 9.18 Å². The number of aromatic nitrogens is 2. The van der Waals surface area contributed by atoms with Crippen LogP contribution < -0.4 is 5.32 Å². The van der Waals surface area contributed by atoms with Gasteiger partial charge in [0.1, 0.15) is 17.3 Å². The van der Waals surface area contributed by atoms with Crippen LogP contribution in [-0.2, 0) is 0 Å². The molecule has 1 atom stereocenters. The van der Waals surface area contributed by atoms with Crippen molar-refractivity contribution in [2.75, 3.05) is 31.5 Å². The fraction of sp³-hybridized carbons (Fsp3) is 0.400. The Bertz CT molecular complexity index is 992. The second kappa shape index (κ2) is 7.18. The van der Waals surface area contributed by atoms with Crippen molar-refractivity contribution in [3.05, 3.63) is 41.7 Å². The number of urea groups is 1. The first-order valence-corrected chi connectivity index (χ1v) is 10.6. The predicted molar refractivity (Wildman–Crippen MR) is 108 cm³/mol. The van der Waals surface area contributed by atoms with Crippen LogP contribution in [-0.4, -0.2) is 57.4 Å². The third-order valence-electron chi connectivity index (χ3n) is 5.71. The average Bonchev–Trinajstić information content (AvgIpc) is 3.47. The normalized spacial score (nSPS) is 20.3. The van der Waals surface area contributed by atoms with Crippen LogP contribution in [0.25, 0.3) is 16.2 Å². The molecule has 2 fully saturated rings. The predicted octanol–water partition coefficient (Wildman–Crippen LogP) is 3.90. The summed E-state index contributed by atoms with van der Waals surface area (Å²) in [5, 5.41) is 5.00. The number of rotatable bonds is 3. The number of likely N-dealkylation sites (tertiary alicyclic amines) is 2. The molecule has 1 unspecified atom stereocenters. The summed E-state index contributed by atoms with van der Waals surface area (Å²) in [6.45, 7) is 3.83. The number of nitrogens with one attached hydrogen (secondary N) is 1. The maximum absolute atomic E-state index is 13.3. The molecular weight excluding hydrogens is 377 g/mol. The van der Waals surface area contributed by atoms with E-state index in [2.05, 4.69) is 15.2 Å². The molecule has 2 aliphatic heterocycles. The molecule has 28 heavy (non-hydrogen) atoms. The van der Waals surface area contributed by atoms with E-state index in [1.807, 2.05) is 20.9 Å². The average molecular weight is 399 g/mol. The van der Waals surface area contributed by atoms with E-state index in [0.717, 1.165) is 43.1 Å². The Hall–Kier alpha value is -2.45. The van der Waals surface area contributed by atoms with Crippen LogP contribution in [0.4, 0.5) is 15.0 Å². The van der Waals surface area contributed by atoms with Crippen molar-refractivity contribution in [2.45, 2.75) is 25.3 Å². The van der Waals surface area contributed by atoms with E-state index in [1.54, 1.807) is 12.1 Å². The Labute approximate surface area is 166 Å². The van der Waals surface area contributed by atoms with Crippen molar-refractivity contribution in [3.63, 3.8) is 0 Å². The third kappa shape index (κ3) is 3.16. The second-order valence-electron chi connectivity index (χ2n) is 7.43. The van der Waals surface area contributed by atoms with E-state index >= 15 is 0 Å². The van der Waals surface area contributed by atoms with Crippen LogP contribution in [0.1, 0.15) is 19.3 Å². The molecular formula is C20H22FN5OS. The van der Waals surface area contributed by atoms with Gasteiger partial charge in [0, 0.05) is 36.3 Å². The lowest BCUT2D eigenvalue weighted by atomic mass is 10.1. The van der Waals surface area contributed by atoms with E-state index in [4.69, 9.17) is 0 Å². The number of hydrogen-bond acceptors (Lipinski definition) is 4. The quantitative estimate of drug-likeness (QED) is 0.727. The number of nitrogens with zero attached hydrogens (tertiary/aromatic N) is 4. The zero-order valence-electron chi connectivity index (χ0n) is 15.5. The van der Waals surface area contributed by atoms with Gasteiger partial charge in [-0.2, -0.15) is 0 Å². The van der Waals surface area contributed by atoms with Gasteiger partial charge in [-0.15, -0.1) is 11.3 Å². The monoisotopic (exact) mass is 399 g/mol. The summed E-state index contributed by atoms with van der Waals surface area (Å²) < 4.78 is 15.2. The van der Waals surface area contributed by atoms with Crippen molar-refractivity contribution in [1.82, 2.24) is 19.2 Å². The summed E-state index contributed by atoms with van der Waals surface area (Å²) in [5.41, 5.74) is 1.44. The molecule has 1 aromatic carbocycles. The van der Waals surface area contributed by atoms with Gasteiger partial charge < -0.3 is 4.90 Å². The van der Waals surface area contributed by atoms with Crippen LogP contribution in [0.3, 0.4) is 0 Å². The highest BCUT2D eigenvalue weighted by atomic mass is 32.1. The molecule has 4 heterocycles. The van der Waals surface area contributed by atoms with Gasteiger partial charge in [-0.25, -0.2) is 14.2 Å². The van der Waals surface area contributed by atoms with Gasteiger partial charge in [-0.05, 0) is 56.6 Å². The van der Waals surface area contributed by atoms with Gasteiger partial charge in [0.2, 0.25) is 0 Å². The molecule has 0 saturated carbocycles. The van der Waals surface area contributed by atoms with Gasteiger partial charge in [-0.3, -0.25) is 14.6 Å². The molecule has 2 aromatic heterocycles. The Morgan fingerprint density at radius 1 is 1.18 bits per heavy atom. The smallest absolute Gasteiger partial charge is 0.323 e. The number of thiazole rings is 1. The number of halogens is 1. The first-order chi connectivity index (χ1) is 13.7. The van der Waals surface area contributed by atoms with E-state index in [1.165, 1.54) is 36.3 Å². The van der Waals surface area contributed by atoms with E-state index < -0.39 is 0 Å². The number of carbonyl (C=O) groups excluding carboxylic acids is 1. The molecule has 8 heteroatoms. The molecule has 6 nitrogen and oxygen atoms in total.